The van der Waals surface area contributed by atoms with Crippen LogP contribution in [0.15, 0.2) is 18.3 Å². The molecule has 0 unspecified atom stereocenters. The maximum absolute atomic E-state index is 11.0. The summed E-state index contributed by atoms with van der Waals surface area (Å²) in [4.78, 5) is 14.9. The van der Waals surface area contributed by atoms with E-state index in [-0.39, 0.29) is 24.8 Å². The molecule has 2 N–H and O–H groups in total. The lowest BCUT2D eigenvalue weighted by Gasteiger charge is -2.01. The minimum absolute atomic E-state index is 0. The molecule has 1 aromatic rings. The summed E-state index contributed by atoms with van der Waals surface area (Å²) < 4.78 is 4.79. The fraction of sp³-hybridized carbons (Fsp3) is 0.333. The first-order chi connectivity index (χ1) is 6.22. The van der Waals surface area contributed by atoms with Gasteiger partial charge >= 0.3 is 5.97 Å². The quantitative estimate of drug-likeness (QED) is 0.771. The average molecular weight is 217 g/mol. The Morgan fingerprint density at radius 3 is 2.93 bits per heavy atom. The van der Waals surface area contributed by atoms with Crippen LogP contribution in [-0.4, -0.2) is 17.6 Å². The van der Waals surface area contributed by atoms with E-state index in [0.717, 1.165) is 5.56 Å². The molecule has 1 rings (SSSR count). The largest absolute Gasteiger partial charge is 0.466 e. The lowest BCUT2D eigenvalue weighted by molar-refractivity contribution is -0.142. The fourth-order valence-electron chi connectivity index (χ4n) is 0.983. The zero-order chi connectivity index (χ0) is 9.68. The molecule has 1 heterocycles. The van der Waals surface area contributed by atoms with Crippen molar-refractivity contribution in [2.45, 2.75) is 13.3 Å². The molecule has 4 nitrogen and oxygen atoms in total. The van der Waals surface area contributed by atoms with E-state index in [4.69, 9.17) is 10.5 Å². The summed E-state index contributed by atoms with van der Waals surface area (Å²) in [5.41, 5.74) is 6.27. The minimum atomic E-state index is -0.242. The van der Waals surface area contributed by atoms with Crippen LogP contribution < -0.4 is 5.73 Å². The Morgan fingerprint density at radius 2 is 2.36 bits per heavy atom. The van der Waals surface area contributed by atoms with E-state index in [0.29, 0.717) is 12.4 Å². The lowest BCUT2D eigenvalue weighted by Crippen LogP contribution is -2.07. The van der Waals surface area contributed by atoms with E-state index >= 15 is 0 Å². The number of carbonyl (C=O) groups is 1. The van der Waals surface area contributed by atoms with Crippen molar-refractivity contribution in [3.8, 4) is 0 Å². The Balaban J connectivity index is 0.00000169. The predicted molar refractivity (Wildman–Crippen MR) is 56.2 cm³/mol. The molecule has 1 aromatic heterocycles. The van der Waals surface area contributed by atoms with Gasteiger partial charge in [0.15, 0.2) is 0 Å². The molecule has 14 heavy (non-hydrogen) atoms. The Bertz CT molecular complexity index is 305. The van der Waals surface area contributed by atoms with E-state index in [2.05, 4.69) is 4.98 Å². The third-order valence-electron chi connectivity index (χ3n) is 1.50. The third kappa shape index (κ3) is 4.09. The maximum atomic E-state index is 11.0. The first-order valence-electron chi connectivity index (χ1n) is 4.08. The molecule has 0 aliphatic rings. The van der Waals surface area contributed by atoms with E-state index in [1.54, 1.807) is 25.3 Å². The number of aromatic nitrogens is 1. The molecule has 0 spiro atoms. The number of hydrogen-bond donors (Lipinski definition) is 1. The number of nitrogens with zero attached hydrogens (tertiary/aromatic N) is 1. The van der Waals surface area contributed by atoms with E-state index in [9.17, 15) is 4.79 Å². The molecule has 0 atom stereocenters. The molecule has 0 radical (unpaired) electrons. The molecule has 0 saturated heterocycles. The summed E-state index contributed by atoms with van der Waals surface area (Å²) >= 11 is 0. The van der Waals surface area contributed by atoms with Gasteiger partial charge in [0.1, 0.15) is 5.82 Å². The number of anilines is 1. The van der Waals surface area contributed by atoms with Gasteiger partial charge in [-0.2, -0.15) is 0 Å². The summed E-state index contributed by atoms with van der Waals surface area (Å²) in [5, 5.41) is 0. The van der Waals surface area contributed by atoms with Crippen LogP contribution in [-0.2, 0) is 16.0 Å². The van der Waals surface area contributed by atoms with E-state index in [1.807, 2.05) is 0 Å². The van der Waals surface area contributed by atoms with Crippen LogP contribution >= 0.6 is 12.4 Å². The van der Waals surface area contributed by atoms with E-state index in [1.165, 1.54) is 0 Å². The first kappa shape index (κ1) is 12.7. The standard InChI is InChI=1S/C9H12N2O2.ClH/c1-2-13-9(12)6-7-3-4-11-8(10)5-7;/h3-5H,2,6H2,1H3,(H2,10,11);1H. The third-order valence-corrected chi connectivity index (χ3v) is 1.50. The van der Waals surface area contributed by atoms with Crippen LogP contribution in [0.4, 0.5) is 5.82 Å². The van der Waals surface area contributed by atoms with Gasteiger partial charge in [-0.05, 0) is 24.6 Å². The van der Waals surface area contributed by atoms with Gasteiger partial charge in [0.05, 0.1) is 13.0 Å². The second kappa shape index (κ2) is 6.21. The maximum Gasteiger partial charge on any atom is 0.310 e. The molecule has 0 saturated carbocycles. The molecule has 0 fully saturated rings. The fourth-order valence-corrected chi connectivity index (χ4v) is 0.983. The van der Waals surface area contributed by atoms with Crippen LogP contribution in [0.3, 0.4) is 0 Å². The molecule has 0 bridgehead atoms. The van der Waals surface area contributed by atoms with E-state index < -0.39 is 0 Å². The van der Waals surface area contributed by atoms with Crippen LogP contribution in [0.2, 0.25) is 0 Å². The van der Waals surface area contributed by atoms with Crippen molar-refractivity contribution in [1.29, 1.82) is 0 Å². The summed E-state index contributed by atoms with van der Waals surface area (Å²) in [6.45, 7) is 2.18. The smallest absolute Gasteiger partial charge is 0.310 e. The monoisotopic (exact) mass is 216 g/mol. The molecule has 0 aromatic carbocycles. The molecular formula is C9H13ClN2O2. The number of nitrogens with two attached hydrogens (primary N) is 1. The van der Waals surface area contributed by atoms with Gasteiger partial charge in [-0.1, -0.05) is 0 Å². The van der Waals surface area contributed by atoms with Gasteiger partial charge in [0, 0.05) is 6.20 Å². The van der Waals surface area contributed by atoms with Crippen molar-refractivity contribution in [2.24, 2.45) is 0 Å². The van der Waals surface area contributed by atoms with Crippen molar-refractivity contribution in [2.75, 3.05) is 12.3 Å². The van der Waals surface area contributed by atoms with Crippen molar-refractivity contribution in [3.63, 3.8) is 0 Å². The number of ether oxygens (including phenoxy) is 1. The summed E-state index contributed by atoms with van der Waals surface area (Å²) in [6.07, 6.45) is 1.82. The molecule has 5 heteroatoms. The van der Waals surface area contributed by atoms with Crippen LogP contribution in [0.25, 0.3) is 0 Å². The highest BCUT2D eigenvalue weighted by Gasteiger charge is 2.03. The van der Waals surface area contributed by atoms with Crippen LogP contribution in [0.5, 0.6) is 0 Å². The normalized spacial score (nSPS) is 8.93. The van der Waals surface area contributed by atoms with Gasteiger partial charge in [0.25, 0.3) is 0 Å². The summed E-state index contributed by atoms with van der Waals surface area (Å²) in [6, 6.07) is 3.41. The molecule has 78 valence electrons. The second-order valence-corrected chi connectivity index (χ2v) is 2.57. The minimum Gasteiger partial charge on any atom is -0.466 e. The highest BCUT2D eigenvalue weighted by atomic mass is 35.5. The van der Waals surface area contributed by atoms with Gasteiger partial charge in [-0.15, -0.1) is 12.4 Å². The zero-order valence-electron chi connectivity index (χ0n) is 7.90. The first-order valence-corrected chi connectivity index (χ1v) is 4.08. The van der Waals surface area contributed by atoms with Gasteiger partial charge in [0.2, 0.25) is 0 Å². The van der Waals surface area contributed by atoms with Crippen molar-refractivity contribution in [1.82, 2.24) is 4.98 Å². The Kier molecular flexibility index (Phi) is 5.64. The van der Waals surface area contributed by atoms with Gasteiger partial charge < -0.3 is 10.5 Å². The molecule has 0 aliphatic carbocycles. The SMILES string of the molecule is CCOC(=O)Cc1ccnc(N)c1.Cl. The van der Waals surface area contributed by atoms with Gasteiger partial charge in [-0.3, -0.25) is 4.79 Å². The topological polar surface area (TPSA) is 65.2 Å². The molecule has 0 aliphatic heterocycles. The highest BCUT2D eigenvalue weighted by Crippen LogP contribution is 2.04. The van der Waals surface area contributed by atoms with Crippen LogP contribution in [0.1, 0.15) is 12.5 Å². The number of carbonyl (C=O) groups excluding carboxylic acids is 1. The number of hydrogen-bond acceptors (Lipinski definition) is 4. The van der Waals surface area contributed by atoms with Gasteiger partial charge in [-0.25, -0.2) is 4.98 Å². The Hall–Kier alpha value is -1.29. The highest BCUT2D eigenvalue weighted by molar-refractivity contribution is 5.85. The Morgan fingerprint density at radius 1 is 1.64 bits per heavy atom. The Labute approximate surface area is 88.9 Å². The second-order valence-electron chi connectivity index (χ2n) is 2.57. The average Bonchev–Trinajstić information content (AvgIpc) is 2.04. The zero-order valence-corrected chi connectivity index (χ0v) is 8.71. The number of halogens is 1. The number of pyridine rings is 1. The number of esters is 1. The van der Waals surface area contributed by atoms with Crippen molar-refractivity contribution >= 4 is 24.2 Å². The number of nitrogen functional groups attached to an aromatic ring is 1. The molecule has 0 amide bonds. The summed E-state index contributed by atoms with van der Waals surface area (Å²) in [5.74, 6) is 0.176. The number of rotatable bonds is 3. The lowest BCUT2D eigenvalue weighted by atomic mass is 10.2. The predicted octanol–water partition coefficient (Wildman–Crippen LogP) is 1.19. The van der Waals surface area contributed by atoms with Crippen LogP contribution in [0, 0.1) is 0 Å². The van der Waals surface area contributed by atoms with Crippen molar-refractivity contribution < 1.29 is 9.53 Å². The van der Waals surface area contributed by atoms with Crippen molar-refractivity contribution in [3.05, 3.63) is 23.9 Å². The summed E-state index contributed by atoms with van der Waals surface area (Å²) in [7, 11) is 0. The molecular weight excluding hydrogens is 204 g/mol.